The van der Waals surface area contributed by atoms with Gasteiger partial charge in [0.25, 0.3) is 5.91 Å². The first-order valence-electron chi connectivity index (χ1n) is 9.64. The molecule has 1 aromatic heterocycles. The molecule has 1 fully saturated rings. The molecule has 31 heavy (non-hydrogen) atoms. The number of benzene rings is 1. The maximum absolute atomic E-state index is 12.8. The van der Waals surface area contributed by atoms with Crippen LogP contribution in [0.1, 0.15) is 17.3 Å². The highest BCUT2D eigenvalue weighted by atomic mass is 32.2. The molecule has 1 N–H and O–H groups in total. The summed E-state index contributed by atoms with van der Waals surface area (Å²) in [5.41, 5.74) is 0.377. The minimum Gasteiger partial charge on any atom is -0.477 e. The van der Waals surface area contributed by atoms with Crippen molar-refractivity contribution in [3.05, 3.63) is 48.2 Å². The van der Waals surface area contributed by atoms with Crippen LogP contribution in [0.3, 0.4) is 0 Å². The molecule has 0 atom stereocenters. The minimum absolute atomic E-state index is 0.0564. The zero-order valence-electron chi connectivity index (χ0n) is 16.9. The summed E-state index contributed by atoms with van der Waals surface area (Å²) in [7, 11) is -3.70. The predicted octanol–water partition coefficient (Wildman–Crippen LogP) is 1.30. The van der Waals surface area contributed by atoms with E-state index in [1.54, 1.807) is 19.1 Å². The number of nitrogens with zero attached hydrogens (tertiary/aromatic N) is 2. The number of carbonyl (C=O) groups excluding carboxylic acids is 2. The Hall–Kier alpha value is -3.02. The van der Waals surface area contributed by atoms with Gasteiger partial charge in [0.15, 0.2) is 6.61 Å². The van der Waals surface area contributed by atoms with Gasteiger partial charge in [-0.05, 0) is 37.3 Å². The van der Waals surface area contributed by atoms with Gasteiger partial charge in [0.05, 0.1) is 24.7 Å². The van der Waals surface area contributed by atoms with E-state index in [1.165, 1.54) is 34.8 Å². The quantitative estimate of drug-likeness (QED) is 0.598. The van der Waals surface area contributed by atoms with Crippen molar-refractivity contribution in [1.82, 2.24) is 9.29 Å². The number of esters is 1. The van der Waals surface area contributed by atoms with Crippen LogP contribution in [0.25, 0.3) is 0 Å². The second-order valence-corrected chi connectivity index (χ2v) is 8.40. The van der Waals surface area contributed by atoms with Crippen molar-refractivity contribution in [1.29, 1.82) is 0 Å². The molecule has 0 spiro atoms. The van der Waals surface area contributed by atoms with Crippen LogP contribution in [0.4, 0.5) is 5.69 Å². The number of rotatable bonds is 8. The maximum atomic E-state index is 12.8. The SMILES string of the molecule is CCOc1ncccc1C(=O)OCC(=O)Nc1cccc(S(=O)(=O)N2CCOCC2)c1. The number of ether oxygens (including phenoxy) is 3. The number of amides is 1. The first-order valence-corrected chi connectivity index (χ1v) is 11.1. The largest absolute Gasteiger partial charge is 0.477 e. The molecule has 1 aliphatic heterocycles. The van der Waals surface area contributed by atoms with Gasteiger partial charge in [-0.2, -0.15) is 4.31 Å². The van der Waals surface area contributed by atoms with E-state index in [1.807, 2.05) is 0 Å². The zero-order chi connectivity index (χ0) is 22.3. The normalized spacial score (nSPS) is 14.6. The maximum Gasteiger partial charge on any atom is 0.344 e. The van der Waals surface area contributed by atoms with E-state index in [0.717, 1.165) is 0 Å². The van der Waals surface area contributed by atoms with Crippen LogP contribution < -0.4 is 10.1 Å². The lowest BCUT2D eigenvalue weighted by Gasteiger charge is -2.26. The summed E-state index contributed by atoms with van der Waals surface area (Å²) in [5.74, 6) is -1.25. The fourth-order valence-corrected chi connectivity index (χ4v) is 4.33. The Balaban J connectivity index is 1.61. The van der Waals surface area contributed by atoms with Crippen molar-refractivity contribution in [3.8, 4) is 5.88 Å². The Morgan fingerprint density at radius 3 is 2.71 bits per heavy atom. The number of anilines is 1. The molecule has 11 heteroatoms. The third kappa shape index (κ3) is 5.78. The van der Waals surface area contributed by atoms with E-state index >= 15 is 0 Å². The molecule has 3 rings (SSSR count). The number of sulfonamides is 1. The van der Waals surface area contributed by atoms with Crippen molar-refractivity contribution in [2.75, 3.05) is 44.8 Å². The molecule has 0 unspecified atom stereocenters. The third-order valence-electron chi connectivity index (χ3n) is 4.33. The molecule has 1 saturated heterocycles. The van der Waals surface area contributed by atoms with Gasteiger partial charge in [0, 0.05) is 25.0 Å². The van der Waals surface area contributed by atoms with E-state index in [0.29, 0.717) is 19.8 Å². The lowest BCUT2D eigenvalue weighted by molar-refractivity contribution is -0.119. The first kappa shape index (κ1) is 22.7. The number of pyridine rings is 1. The number of nitrogens with one attached hydrogen (secondary N) is 1. The van der Waals surface area contributed by atoms with Gasteiger partial charge in [-0.25, -0.2) is 18.2 Å². The molecule has 1 aliphatic rings. The second-order valence-electron chi connectivity index (χ2n) is 6.46. The molecule has 10 nitrogen and oxygen atoms in total. The van der Waals surface area contributed by atoms with Gasteiger partial charge < -0.3 is 19.5 Å². The third-order valence-corrected chi connectivity index (χ3v) is 6.23. The number of carbonyl (C=O) groups is 2. The van der Waals surface area contributed by atoms with Crippen LogP contribution >= 0.6 is 0 Å². The Morgan fingerprint density at radius 1 is 1.19 bits per heavy atom. The Labute approximate surface area is 180 Å². The summed E-state index contributed by atoms with van der Waals surface area (Å²) in [6.07, 6.45) is 1.48. The van der Waals surface area contributed by atoms with Gasteiger partial charge in [0.2, 0.25) is 15.9 Å². The fraction of sp³-hybridized carbons (Fsp3) is 0.350. The molecule has 2 heterocycles. The molecule has 1 aromatic carbocycles. The minimum atomic E-state index is -3.70. The summed E-state index contributed by atoms with van der Waals surface area (Å²) in [6, 6.07) is 8.93. The highest BCUT2D eigenvalue weighted by Crippen LogP contribution is 2.21. The smallest absolute Gasteiger partial charge is 0.344 e. The highest BCUT2D eigenvalue weighted by Gasteiger charge is 2.26. The molecular weight excluding hydrogens is 426 g/mol. The monoisotopic (exact) mass is 449 g/mol. The van der Waals surface area contributed by atoms with Gasteiger partial charge in [0.1, 0.15) is 5.56 Å². The number of aromatic nitrogens is 1. The van der Waals surface area contributed by atoms with Crippen molar-refractivity contribution >= 4 is 27.6 Å². The number of hydrogen-bond donors (Lipinski definition) is 1. The van der Waals surface area contributed by atoms with E-state index in [-0.39, 0.29) is 35.1 Å². The van der Waals surface area contributed by atoms with E-state index in [4.69, 9.17) is 14.2 Å². The van der Waals surface area contributed by atoms with E-state index in [2.05, 4.69) is 10.3 Å². The van der Waals surface area contributed by atoms with Gasteiger partial charge in [-0.3, -0.25) is 4.79 Å². The second kappa shape index (κ2) is 10.3. The van der Waals surface area contributed by atoms with E-state index < -0.39 is 28.5 Å². The van der Waals surface area contributed by atoms with Gasteiger partial charge in [-0.1, -0.05) is 6.07 Å². The summed E-state index contributed by atoms with van der Waals surface area (Å²) in [5, 5.41) is 2.53. The highest BCUT2D eigenvalue weighted by molar-refractivity contribution is 7.89. The van der Waals surface area contributed by atoms with Crippen LogP contribution in [0, 0.1) is 0 Å². The van der Waals surface area contributed by atoms with Gasteiger partial charge in [-0.15, -0.1) is 0 Å². The average Bonchev–Trinajstić information content (AvgIpc) is 2.79. The molecule has 0 saturated carbocycles. The lowest BCUT2D eigenvalue weighted by Crippen LogP contribution is -2.40. The Bertz CT molecular complexity index is 1040. The van der Waals surface area contributed by atoms with E-state index in [9.17, 15) is 18.0 Å². The van der Waals surface area contributed by atoms with Crippen LogP contribution in [-0.2, 0) is 24.3 Å². The molecule has 1 amide bonds. The predicted molar refractivity (Wildman–Crippen MR) is 110 cm³/mol. The van der Waals surface area contributed by atoms with Crippen LogP contribution in [0.2, 0.25) is 0 Å². The molecule has 0 aliphatic carbocycles. The van der Waals surface area contributed by atoms with Crippen molar-refractivity contribution in [2.45, 2.75) is 11.8 Å². The summed E-state index contributed by atoms with van der Waals surface area (Å²) in [4.78, 5) is 28.5. The molecule has 0 bridgehead atoms. The van der Waals surface area contributed by atoms with Crippen molar-refractivity contribution in [2.24, 2.45) is 0 Å². The summed E-state index contributed by atoms with van der Waals surface area (Å²) in [6.45, 7) is 2.73. The Kier molecular flexibility index (Phi) is 7.55. The molecule has 2 aromatic rings. The lowest BCUT2D eigenvalue weighted by atomic mass is 10.3. The molecule has 166 valence electrons. The summed E-state index contributed by atoms with van der Waals surface area (Å²) < 4.78 is 42.3. The molecule has 0 radical (unpaired) electrons. The zero-order valence-corrected chi connectivity index (χ0v) is 17.8. The summed E-state index contributed by atoms with van der Waals surface area (Å²) >= 11 is 0. The first-order chi connectivity index (χ1) is 14.9. The topological polar surface area (TPSA) is 124 Å². The Morgan fingerprint density at radius 2 is 1.97 bits per heavy atom. The van der Waals surface area contributed by atoms with Crippen molar-refractivity contribution < 1.29 is 32.2 Å². The van der Waals surface area contributed by atoms with Crippen LogP contribution in [0.15, 0.2) is 47.5 Å². The molecular formula is C20H23N3O7S. The fourth-order valence-electron chi connectivity index (χ4n) is 2.87. The van der Waals surface area contributed by atoms with Crippen LogP contribution in [-0.4, -0.2) is 69.1 Å². The van der Waals surface area contributed by atoms with Crippen molar-refractivity contribution in [3.63, 3.8) is 0 Å². The number of hydrogen-bond acceptors (Lipinski definition) is 8. The average molecular weight is 449 g/mol. The van der Waals surface area contributed by atoms with Gasteiger partial charge >= 0.3 is 5.97 Å². The standard InChI is InChI=1S/C20H23N3O7S/c1-2-29-19-17(7-4-8-21-19)20(25)30-14-18(24)22-15-5-3-6-16(13-15)31(26,27)23-9-11-28-12-10-23/h3-8,13H,2,9-12,14H2,1H3,(H,22,24). The van der Waals surface area contributed by atoms with Crippen LogP contribution in [0.5, 0.6) is 5.88 Å². The number of morpholine rings is 1.